The number of thiazole rings is 1. The van der Waals surface area contributed by atoms with Crippen LogP contribution < -0.4 is 4.90 Å². The SMILES string of the molecule is Cc1cc(Cl)cc2sc(N3CC(N4CCOCC4)C3)nc12. The van der Waals surface area contributed by atoms with Gasteiger partial charge in [-0.25, -0.2) is 4.98 Å². The summed E-state index contributed by atoms with van der Waals surface area (Å²) in [5.41, 5.74) is 2.25. The Balaban J connectivity index is 1.49. The van der Waals surface area contributed by atoms with Gasteiger partial charge in [-0.1, -0.05) is 22.9 Å². The molecule has 0 bridgehead atoms. The average molecular weight is 324 g/mol. The van der Waals surface area contributed by atoms with Crippen molar-refractivity contribution >= 4 is 38.3 Å². The molecule has 2 saturated heterocycles. The number of morpholine rings is 1. The second-order valence-electron chi connectivity index (χ2n) is 5.77. The van der Waals surface area contributed by atoms with Gasteiger partial charge in [0.05, 0.1) is 23.4 Å². The summed E-state index contributed by atoms with van der Waals surface area (Å²) in [6, 6.07) is 4.66. The van der Waals surface area contributed by atoms with Gasteiger partial charge in [0.25, 0.3) is 0 Å². The zero-order chi connectivity index (χ0) is 14.4. The van der Waals surface area contributed by atoms with Gasteiger partial charge in [0, 0.05) is 37.2 Å². The highest BCUT2D eigenvalue weighted by molar-refractivity contribution is 7.22. The van der Waals surface area contributed by atoms with E-state index >= 15 is 0 Å². The maximum Gasteiger partial charge on any atom is 0.186 e. The molecule has 21 heavy (non-hydrogen) atoms. The van der Waals surface area contributed by atoms with Gasteiger partial charge in [-0.05, 0) is 24.6 Å². The van der Waals surface area contributed by atoms with Gasteiger partial charge in [0.15, 0.2) is 5.13 Å². The van der Waals surface area contributed by atoms with Gasteiger partial charge in [0.2, 0.25) is 0 Å². The summed E-state index contributed by atoms with van der Waals surface area (Å²) >= 11 is 7.88. The number of anilines is 1. The molecule has 0 radical (unpaired) electrons. The molecule has 112 valence electrons. The maximum atomic E-state index is 6.13. The van der Waals surface area contributed by atoms with Crippen molar-refractivity contribution in [2.45, 2.75) is 13.0 Å². The van der Waals surface area contributed by atoms with Crippen molar-refractivity contribution in [3.8, 4) is 0 Å². The maximum absolute atomic E-state index is 6.13. The van der Waals surface area contributed by atoms with Crippen molar-refractivity contribution in [2.75, 3.05) is 44.3 Å². The zero-order valence-electron chi connectivity index (χ0n) is 12.0. The Morgan fingerprint density at radius 2 is 2.05 bits per heavy atom. The predicted octanol–water partition coefficient (Wildman–Crippen LogP) is 2.78. The van der Waals surface area contributed by atoms with Crippen LogP contribution in [0.3, 0.4) is 0 Å². The second kappa shape index (κ2) is 5.39. The Kier molecular flexibility index (Phi) is 3.53. The van der Waals surface area contributed by atoms with Crippen LogP contribution in [0.15, 0.2) is 12.1 Å². The Hall–Kier alpha value is -0.880. The first-order valence-electron chi connectivity index (χ1n) is 7.34. The van der Waals surface area contributed by atoms with E-state index in [2.05, 4.69) is 16.7 Å². The molecule has 0 unspecified atom stereocenters. The summed E-state index contributed by atoms with van der Waals surface area (Å²) in [6.07, 6.45) is 0. The van der Waals surface area contributed by atoms with Crippen molar-refractivity contribution in [1.82, 2.24) is 9.88 Å². The molecule has 3 heterocycles. The smallest absolute Gasteiger partial charge is 0.186 e. The third kappa shape index (κ3) is 2.52. The van der Waals surface area contributed by atoms with Crippen LogP contribution in [0.4, 0.5) is 5.13 Å². The van der Waals surface area contributed by atoms with Gasteiger partial charge in [-0.3, -0.25) is 4.90 Å². The number of benzene rings is 1. The summed E-state index contributed by atoms with van der Waals surface area (Å²) in [5.74, 6) is 0. The van der Waals surface area contributed by atoms with E-state index < -0.39 is 0 Å². The van der Waals surface area contributed by atoms with E-state index in [1.165, 1.54) is 4.70 Å². The van der Waals surface area contributed by atoms with Gasteiger partial charge >= 0.3 is 0 Å². The fourth-order valence-electron chi connectivity index (χ4n) is 3.06. The number of hydrogen-bond donors (Lipinski definition) is 0. The van der Waals surface area contributed by atoms with E-state index in [0.717, 1.165) is 60.6 Å². The Morgan fingerprint density at radius 1 is 1.29 bits per heavy atom. The Bertz CT molecular complexity index is 662. The number of fused-ring (bicyclic) bond motifs is 1. The van der Waals surface area contributed by atoms with Crippen molar-refractivity contribution < 1.29 is 4.74 Å². The summed E-state index contributed by atoms with van der Waals surface area (Å²) < 4.78 is 6.60. The summed E-state index contributed by atoms with van der Waals surface area (Å²) in [7, 11) is 0. The molecule has 4 nitrogen and oxygen atoms in total. The van der Waals surface area contributed by atoms with E-state index in [9.17, 15) is 0 Å². The van der Waals surface area contributed by atoms with Crippen molar-refractivity contribution in [1.29, 1.82) is 0 Å². The lowest BCUT2D eigenvalue weighted by atomic mass is 10.1. The molecule has 2 aliphatic heterocycles. The van der Waals surface area contributed by atoms with Gasteiger partial charge < -0.3 is 9.64 Å². The van der Waals surface area contributed by atoms with Crippen LogP contribution in [-0.2, 0) is 4.74 Å². The standard InChI is InChI=1S/C15H18ClN3OS/c1-10-6-11(16)7-13-14(10)17-15(21-13)19-8-12(9-19)18-2-4-20-5-3-18/h6-7,12H,2-5,8-9H2,1H3. The molecule has 2 fully saturated rings. The molecule has 0 saturated carbocycles. The van der Waals surface area contributed by atoms with E-state index in [1.807, 2.05) is 12.1 Å². The minimum atomic E-state index is 0.658. The van der Waals surface area contributed by atoms with Crippen LogP contribution >= 0.6 is 22.9 Å². The molecule has 1 aromatic heterocycles. The number of halogens is 1. The molecule has 6 heteroatoms. The van der Waals surface area contributed by atoms with Crippen molar-refractivity contribution in [2.24, 2.45) is 0 Å². The number of nitrogens with zero attached hydrogens (tertiary/aromatic N) is 3. The van der Waals surface area contributed by atoms with Crippen LogP contribution in [0.25, 0.3) is 10.2 Å². The number of hydrogen-bond acceptors (Lipinski definition) is 5. The third-order valence-electron chi connectivity index (χ3n) is 4.33. The quantitative estimate of drug-likeness (QED) is 0.849. The molecule has 0 atom stereocenters. The normalized spacial score (nSPS) is 21.0. The summed E-state index contributed by atoms with van der Waals surface area (Å²) in [6.45, 7) is 8.09. The van der Waals surface area contributed by atoms with Gasteiger partial charge in [-0.15, -0.1) is 0 Å². The lowest BCUT2D eigenvalue weighted by Crippen LogP contribution is -2.61. The van der Waals surface area contributed by atoms with E-state index in [1.54, 1.807) is 11.3 Å². The summed E-state index contributed by atoms with van der Waals surface area (Å²) in [5, 5.41) is 1.92. The molecule has 2 aromatic rings. The molecule has 2 aliphatic rings. The monoisotopic (exact) mass is 323 g/mol. The fraction of sp³-hybridized carbons (Fsp3) is 0.533. The molecule has 0 aliphatic carbocycles. The first-order chi connectivity index (χ1) is 10.2. The van der Waals surface area contributed by atoms with Crippen LogP contribution in [0, 0.1) is 6.92 Å². The number of ether oxygens (including phenoxy) is 1. The number of aryl methyl sites for hydroxylation is 1. The molecular formula is C15H18ClN3OS. The van der Waals surface area contributed by atoms with E-state index in [0.29, 0.717) is 6.04 Å². The molecule has 0 N–H and O–H groups in total. The second-order valence-corrected chi connectivity index (χ2v) is 7.22. The fourth-order valence-corrected chi connectivity index (χ4v) is 4.50. The highest BCUT2D eigenvalue weighted by Crippen LogP contribution is 2.35. The van der Waals surface area contributed by atoms with Crippen LogP contribution in [0.2, 0.25) is 5.02 Å². The van der Waals surface area contributed by atoms with E-state index in [-0.39, 0.29) is 0 Å². The molecule has 0 amide bonds. The largest absolute Gasteiger partial charge is 0.379 e. The number of aromatic nitrogens is 1. The Labute approximate surface area is 133 Å². The van der Waals surface area contributed by atoms with Crippen molar-refractivity contribution in [3.05, 3.63) is 22.7 Å². The summed E-state index contributed by atoms with van der Waals surface area (Å²) in [4.78, 5) is 9.71. The van der Waals surface area contributed by atoms with Crippen LogP contribution in [0.1, 0.15) is 5.56 Å². The van der Waals surface area contributed by atoms with E-state index in [4.69, 9.17) is 21.3 Å². The Morgan fingerprint density at radius 3 is 2.81 bits per heavy atom. The third-order valence-corrected chi connectivity index (χ3v) is 5.62. The zero-order valence-corrected chi connectivity index (χ0v) is 13.6. The molecular weight excluding hydrogens is 306 g/mol. The highest BCUT2D eigenvalue weighted by atomic mass is 35.5. The van der Waals surface area contributed by atoms with Crippen LogP contribution in [-0.4, -0.2) is 55.3 Å². The lowest BCUT2D eigenvalue weighted by molar-refractivity contribution is 0.0105. The minimum absolute atomic E-state index is 0.658. The topological polar surface area (TPSA) is 28.6 Å². The van der Waals surface area contributed by atoms with Gasteiger partial charge in [-0.2, -0.15) is 0 Å². The average Bonchev–Trinajstić information content (AvgIpc) is 2.82. The molecule has 4 rings (SSSR count). The van der Waals surface area contributed by atoms with Gasteiger partial charge in [0.1, 0.15) is 0 Å². The highest BCUT2D eigenvalue weighted by Gasteiger charge is 2.34. The molecule has 1 aromatic carbocycles. The molecule has 0 spiro atoms. The number of rotatable bonds is 2. The first-order valence-corrected chi connectivity index (χ1v) is 8.53. The lowest BCUT2D eigenvalue weighted by Gasteiger charge is -2.46. The first kappa shape index (κ1) is 13.8. The van der Waals surface area contributed by atoms with Crippen LogP contribution in [0.5, 0.6) is 0 Å². The van der Waals surface area contributed by atoms with Crippen molar-refractivity contribution in [3.63, 3.8) is 0 Å². The minimum Gasteiger partial charge on any atom is -0.379 e. The predicted molar refractivity (Wildman–Crippen MR) is 87.8 cm³/mol.